The first-order valence-electron chi connectivity index (χ1n) is 9.68. The average Bonchev–Trinajstić information content (AvgIpc) is 3.54. The molecule has 128 valence electrons. The van der Waals surface area contributed by atoms with Gasteiger partial charge in [0, 0.05) is 16.8 Å². The van der Waals surface area contributed by atoms with Gasteiger partial charge < -0.3 is 5.32 Å². The van der Waals surface area contributed by atoms with E-state index in [1.54, 1.807) is 4.88 Å². The van der Waals surface area contributed by atoms with Crippen LogP contribution in [-0.4, -0.2) is 12.6 Å². The highest BCUT2D eigenvalue weighted by molar-refractivity contribution is 7.10. The van der Waals surface area contributed by atoms with E-state index >= 15 is 0 Å². The smallest absolute Gasteiger partial charge is 0.0178 e. The maximum absolute atomic E-state index is 4.00. The molecule has 0 aliphatic heterocycles. The van der Waals surface area contributed by atoms with Crippen molar-refractivity contribution in [1.82, 2.24) is 5.32 Å². The van der Waals surface area contributed by atoms with Crippen LogP contribution in [0.1, 0.15) is 61.3 Å². The molecule has 1 aromatic carbocycles. The van der Waals surface area contributed by atoms with Gasteiger partial charge in [-0.15, -0.1) is 11.3 Å². The summed E-state index contributed by atoms with van der Waals surface area (Å²) in [5.74, 6) is 3.25. The number of thiophene rings is 1. The molecule has 24 heavy (non-hydrogen) atoms. The zero-order chi connectivity index (χ0) is 16.4. The van der Waals surface area contributed by atoms with Gasteiger partial charge in [0.15, 0.2) is 0 Å². The average molecular weight is 340 g/mol. The van der Waals surface area contributed by atoms with E-state index in [4.69, 9.17) is 0 Å². The largest absolute Gasteiger partial charge is 0.313 e. The first kappa shape index (κ1) is 16.4. The summed E-state index contributed by atoms with van der Waals surface area (Å²) in [4.78, 5) is 1.57. The van der Waals surface area contributed by atoms with Crippen LogP contribution in [0.25, 0.3) is 0 Å². The van der Waals surface area contributed by atoms with Crippen molar-refractivity contribution in [2.24, 2.45) is 11.8 Å². The Bertz CT molecular complexity index is 617. The van der Waals surface area contributed by atoms with Crippen molar-refractivity contribution < 1.29 is 0 Å². The molecule has 1 N–H and O–H groups in total. The summed E-state index contributed by atoms with van der Waals surface area (Å²) in [6, 6.07) is 16.3. The molecule has 4 rings (SSSR count). The van der Waals surface area contributed by atoms with Gasteiger partial charge in [0.2, 0.25) is 0 Å². The molecular weight excluding hydrogens is 310 g/mol. The van der Waals surface area contributed by atoms with Crippen LogP contribution in [0.3, 0.4) is 0 Å². The first-order chi connectivity index (χ1) is 11.9. The highest BCUT2D eigenvalue weighted by Gasteiger charge is 2.46. The van der Waals surface area contributed by atoms with Crippen molar-refractivity contribution in [3.05, 3.63) is 58.3 Å². The number of nitrogens with one attached hydrogen (secondary N) is 1. The zero-order valence-electron chi connectivity index (χ0n) is 14.7. The second-order valence-corrected chi connectivity index (χ2v) is 8.64. The maximum Gasteiger partial charge on any atom is 0.0178 e. The van der Waals surface area contributed by atoms with Crippen LogP contribution in [0.5, 0.6) is 0 Å². The van der Waals surface area contributed by atoms with Crippen molar-refractivity contribution in [3.8, 4) is 0 Å². The molecule has 2 aliphatic rings. The predicted octanol–water partition coefficient (Wildman–Crippen LogP) is 5.80. The molecule has 0 saturated heterocycles. The Morgan fingerprint density at radius 2 is 1.96 bits per heavy atom. The molecule has 2 saturated carbocycles. The molecule has 2 heteroatoms. The van der Waals surface area contributed by atoms with Gasteiger partial charge in [-0.3, -0.25) is 0 Å². The second kappa shape index (κ2) is 7.41. The van der Waals surface area contributed by atoms with Crippen LogP contribution in [0, 0.1) is 11.8 Å². The highest BCUT2D eigenvalue weighted by atomic mass is 32.1. The highest BCUT2D eigenvalue weighted by Crippen LogP contribution is 2.53. The predicted molar refractivity (Wildman–Crippen MR) is 104 cm³/mol. The summed E-state index contributed by atoms with van der Waals surface area (Å²) >= 11 is 1.94. The summed E-state index contributed by atoms with van der Waals surface area (Å²) < 4.78 is 0. The third kappa shape index (κ3) is 3.75. The van der Waals surface area contributed by atoms with Crippen LogP contribution in [0.4, 0.5) is 0 Å². The van der Waals surface area contributed by atoms with Gasteiger partial charge in [-0.1, -0.05) is 56.2 Å². The Morgan fingerprint density at radius 3 is 2.62 bits per heavy atom. The Labute approximate surface area is 150 Å². The minimum absolute atomic E-state index is 0.637. The Balaban J connectivity index is 1.47. The molecule has 1 aromatic heterocycles. The van der Waals surface area contributed by atoms with E-state index in [0.717, 1.165) is 17.8 Å². The molecule has 2 aliphatic carbocycles. The lowest BCUT2D eigenvalue weighted by Crippen LogP contribution is -2.37. The Kier molecular flexibility index (Phi) is 5.05. The van der Waals surface area contributed by atoms with Crippen molar-refractivity contribution in [2.45, 2.75) is 56.9 Å². The molecule has 0 radical (unpaired) electrons. The van der Waals surface area contributed by atoms with Gasteiger partial charge >= 0.3 is 0 Å². The first-order valence-corrected chi connectivity index (χ1v) is 10.6. The normalized spacial score (nSPS) is 25.4. The van der Waals surface area contributed by atoms with Crippen LogP contribution >= 0.6 is 11.3 Å². The molecule has 0 spiro atoms. The van der Waals surface area contributed by atoms with Gasteiger partial charge in [-0.05, 0) is 60.6 Å². The van der Waals surface area contributed by atoms with E-state index < -0.39 is 0 Å². The summed E-state index contributed by atoms with van der Waals surface area (Å²) in [5.41, 5.74) is 1.54. The van der Waals surface area contributed by atoms with Gasteiger partial charge in [0.1, 0.15) is 0 Å². The lowest BCUT2D eigenvalue weighted by Gasteiger charge is -2.27. The molecule has 0 bridgehead atoms. The van der Waals surface area contributed by atoms with E-state index in [-0.39, 0.29) is 0 Å². The second-order valence-electron chi connectivity index (χ2n) is 7.66. The minimum atomic E-state index is 0.637. The number of benzene rings is 1. The van der Waals surface area contributed by atoms with E-state index in [0.29, 0.717) is 12.0 Å². The maximum atomic E-state index is 4.00. The summed E-state index contributed by atoms with van der Waals surface area (Å²) in [5, 5.41) is 6.24. The number of rotatable bonds is 9. The summed E-state index contributed by atoms with van der Waals surface area (Å²) in [6.07, 6.45) is 6.89. The molecular formula is C22H29NS. The monoisotopic (exact) mass is 339 g/mol. The van der Waals surface area contributed by atoms with E-state index in [2.05, 4.69) is 60.1 Å². The van der Waals surface area contributed by atoms with Gasteiger partial charge in [0.05, 0.1) is 0 Å². The SMILES string of the molecule is CCC(c1cccs1)C(NCCC1CC1)C1CC1c1ccccc1. The van der Waals surface area contributed by atoms with E-state index in [1.807, 2.05) is 11.3 Å². The fourth-order valence-electron chi connectivity index (χ4n) is 4.28. The minimum Gasteiger partial charge on any atom is -0.313 e. The summed E-state index contributed by atoms with van der Waals surface area (Å²) in [7, 11) is 0. The zero-order valence-corrected chi connectivity index (χ0v) is 15.5. The van der Waals surface area contributed by atoms with E-state index in [1.165, 1.54) is 44.2 Å². The fraction of sp³-hybridized carbons (Fsp3) is 0.545. The van der Waals surface area contributed by atoms with Crippen molar-refractivity contribution in [1.29, 1.82) is 0 Å². The molecule has 2 fully saturated rings. The van der Waals surface area contributed by atoms with Crippen LogP contribution in [-0.2, 0) is 0 Å². The van der Waals surface area contributed by atoms with Crippen molar-refractivity contribution >= 4 is 11.3 Å². The van der Waals surface area contributed by atoms with Gasteiger partial charge in [-0.2, -0.15) is 0 Å². The molecule has 1 nitrogen and oxygen atoms in total. The molecule has 1 heterocycles. The van der Waals surface area contributed by atoms with E-state index in [9.17, 15) is 0 Å². The molecule has 4 unspecified atom stereocenters. The van der Waals surface area contributed by atoms with Gasteiger partial charge in [-0.25, -0.2) is 0 Å². The fourth-order valence-corrected chi connectivity index (χ4v) is 5.24. The molecule has 2 aromatic rings. The third-order valence-corrected chi connectivity index (χ3v) is 6.94. The lowest BCUT2D eigenvalue weighted by atomic mass is 9.89. The Hall–Kier alpha value is -1.12. The standard InChI is InChI=1S/C22H29NS/c1-2-18(21-9-6-14-24-21)22(23-13-12-16-10-11-16)20-15-19(20)17-7-4-3-5-8-17/h3-9,14,16,18-20,22-23H,2,10-13,15H2,1H3. The molecule has 4 atom stereocenters. The van der Waals surface area contributed by atoms with Crippen molar-refractivity contribution in [3.63, 3.8) is 0 Å². The van der Waals surface area contributed by atoms with Crippen LogP contribution < -0.4 is 5.32 Å². The molecule has 0 amide bonds. The summed E-state index contributed by atoms with van der Waals surface area (Å²) in [6.45, 7) is 3.56. The van der Waals surface area contributed by atoms with Crippen LogP contribution in [0.15, 0.2) is 47.8 Å². The van der Waals surface area contributed by atoms with Crippen molar-refractivity contribution in [2.75, 3.05) is 6.54 Å². The lowest BCUT2D eigenvalue weighted by molar-refractivity contribution is 0.375. The Morgan fingerprint density at radius 1 is 1.12 bits per heavy atom. The topological polar surface area (TPSA) is 12.0 Å². The van der Waals surface area contributed by atoms with Crippen LogP contribution in [0.2, 0.25) is 0 Å². The van der Waals surface area contributed by atoms with Gasteiger partial charge in [0.25, 0.3) is 0 Å². The number of hydrogen-bond donors (Lipinski definition) is 1. The third-order valence-electron chi connectivity index (χ3n) is 5.94. The number of hydrogen-bond acceptors (Lipinski definition) is 2. The quantitative estimate of drug-likeness (QED) is 0.608.